The van der Waals surface area contributed by atoms with E-state index in [4.69, 9.17) is 4.42 Å². The Morgan fingerprint density at radius 1 is 1.04 bits per heavy atom. The zero-order valence-corrected chi connectivity index (χ0v) is 14.3. The molecule has 0 spiro atoms. The molecule has 4 aromatic rings. The second-order valence-corrected chi connectivity index (χ2v) is 7.66. The minimum atomic E-state index is -3.66. The lowest BCUT2D eigenvalue weighted by molar-refractivity contribution is 0.601. The van der Waals surface area contributed by atoms with Crippen LogP contribution in [-0.2, 0) is 10.0 Å². The standard InChI is InChI=1S/C16H12N4O3S2/c21-25(22,20-16-17-9-10-24-16)12-7-5-11(6-8-12)18-15-19-13-3-1-2-4-14(13)23-15/h1-10H,(H,17,20)(H,18,19). The van der Waals surface area contributed by atoms with E-state index in [1.165, 1.54) is 29.7 Å². The molecule has 2 heterocycles. The number of oxazole rings is 1. The van der Waals surface area contributed by atoms with Crippen molar-refractivity contribution in [2.24, 2.45) is 0 Å². The topological polar surface area (TPSA) is 97.1 Å². The monoisotopic (exact) mass is 372 g/mol. The van der Waals surface area contributed by atoms with E-state index in [2.05, 4.69) is 20.0 Å². The third kappa shape index (κ3) is 3.32. The number of benzene rings is 2. The van der Waals surface area contributed by atoms with Crippen molar-refractivity contribution >= 4 is 49.3 Å². The zero-order chi connectivity index (χ0) is 17.3. The van der Waals surface area contributed by atoms with Gasteiger partial charge in [0.15, 0.2) is 10.7 Å². The normalized spacial score (nSPS) is 11.5. The molecule has 0 aliphatic rings. The van der Waals surface area contributed by atoms with Crippen molar-refractivity contribution in [2.45, 2.75) is 4.90 Å². The molecule has 126 valence electrons. The Balaban J connectivity index is 1.53. The molecule has 0 saturated heterocycles. The number of para-hydroxylation sites is 2. The summed E-state index contributed by atoms with van der Waals surface area (Å²) in [6.45, 7) is 0. The van der Waals surface area contributed by atoms with Gasteiger partial charge in [-0.3, -0.25) is 4.72 Å². The van der Waals surface area contributed by atoms with Crippen molar-refractivity contribution in [1.29, 1.82) is 0 Å². The summed E-state index contributed by atoms with van der Waals surface area (Å²) in [6.07, 6.45) is 1.54. The number of aromatic nitrogens is 2. The van der Waals surface area contributed by atoms with Crippen LogP contribution in [0.2, 0.25) is 0 Å². The predicted octanol–water partition coefficient (Wildman–Crippen LogP) is 3.83. The van der Waals surface area contributed by atoms with E-state index in [9.17, 15) is 8.42 Å². The van der Waals surface area contributed by atoms with E-state index < -0.39 is 10.0 Å². The van der Waals surface area contributed by atoms with Crippen LogP contribution in [0.1, 0.15) is 0 Å². The molecule has 9 heteroatoms. The second kappa shape index (κ2) is 6.19. The summed E-state index contributed by atoms with van der Waals surface area (Å²) < 4.78 is 32.6. The third-order valence-corrected chi connectivity index (χ3v) is 5.54. The smallest absolute Gasteiger partial charge is 0.300 e. The first kappa shape index (κ1) is 15.6. The van der Waals surface area contributed by atoms with E-state index in [0.29, 0.717) is 22.4 Å². The molecule has 0 fully saturated rings. The fraction of sp³-hybridized carbons (Fsp3) is 0. The molecule has 2 aromatic carbocycles. The van der Waals surface area contributed by atoms with Crippen molar-refractivity contribution in [3.05, 3.63) is 60.1 Å². The number of nitrogens with zero attached hydrogens (tertiary/aromatic N) is 2. The van der Waals surface area contributed by atoms with Crippen LogP contribution >= 0.6 is 11.3 Å². The van der Waals surface area contributed by atoms with Gasteiger partial charge in [0.05, 0.1) is 4.90 Å². The molecule has 0 saturated carbocycles. The van der Waals surface area contributed by atoms with Gasteiger partial charge in [0.25, 0.3) is 16.0 Å². The summed E-state index contributed by atoms with van der Waals surface area (Å²) in [4.78, 5) is 8.37. The number of fused-ring (bicyclic) bond motifs is 1. The Morgan fingerprint density at radius 3 is 2.56 bits per heavy atom. The molecule has 2 N–H and O–H groups in total. The maximum atomic E-state index is 12.3. The average molecular weight is 372 g/mol. The predicted molar refractivity (Wildman–Crippen MR) is 96.7 cm³/mol. The van der Waals surface area contributed by atoms with Gasteiger partial charge >= 0.3 is 0 Å². The molecule has 7 nitrogen and oxygen atoms in total. The number of anilines is 3. The van der Waals surface area contributed by atoms with Crippen molar-refractivity contribution in [3.8, 4) is 0 Å². The molecule has 25 heavy (non-hydrogen) atoms. The van der Waals surface area contributed by atoms with Crippen molar-refractivity contribution in [1.82, 2.24) is 9.97 Å². The average Bonchev–Trinajstić information content (AvgIpc) is 3.23. The van der Waals surface area contributed by atoms with Gasteiger partial charge in [-0.1, -0.05) is 12.1 Å². The van der Waals surface area contributed by atoms with Gasteiger partial charge in [-0.2, -0.15) is 4.98 Å². The summed E-state index contributed by atoms with van der Waals surface area (Å²) in [7, 11) is -3.66. The molecule has 0 aliphatic heterocycles. The minimum absolute atomic E-state index is 0.144. The summed E-state index contributed by atoms with van der Waals surface area (Å²) in [6, 6.07) is 14.1. The Labute approximate surface area is 147 Å². The van der Waals surface area contributed by atoms with E-state index in [1.54, 1.807) is 17.5 Å². The van der Waals surface area contributed by atoms with Crippen molar-refractivity contribution in [2.75, 3.05) is 10.0 Å². The van der Waals surface area contributed by atoms with Gasteiger partial charge in [0.1, 0.15) is 5.52 Å². The number of thiazole rings is 1. The lowest BCUT2D eigenvalue weighted by atomic mass is 10.3. The van der Waals surface area contributed by atoms with Gasteiger partial charge in [0, 0.05) is 17.3 Å². The maximum absolute atomic E-state index is 12.3. The van der Waals surface area contributed by atoms with Crippen LogP contribution in [-0.4, -0.2) is 18.4 Å². The van der Waals surface area contributed by atoms with Crippen LogP contribution in [0, 0.1) is 0 Å². The molecular weight excluding hydrogens is 360 g/mol. The first-order chi connectivity index (χ1) is 12.1. The molecule has 0 bridgehead atoms. The highest BCUT2D eigenvalue weighted by Crippen LogP contribution is 2.23. The summed E-state index contributed by atoms with van der Waals surface area (Å²) >= 11 is 1.22. The SMILES string of the molecule is O=S(=O)(Nc1nccs1)c1ccc(Nc2nc3ccccc3o2)cc1. The largest absolute Gasteiger partial charge is 0.423 e. The van der Waals surface area contributed by atoms with E-state index in [0.717, 1.165) is 5.52 Å². The van der Waals surface area contributed by atoms with Gasteiger partial charge in [-0.25, -0.2) is 13.4 Å². The summed E-state index contributed by atoms with van der Waals surface area (Å²) in [5.74, 6) is 0. The molecule has 2 aromatic heterocycles. The molecule has 0 amide bonds. The molecule has 4 rings (SSSR count). The molecular formula is C16H12N4O3S2. The third-order valence-electron chi connectivity index (χ3n) is 3.36. The van der Waals surface area contributed by atoms with E-state index in [-0.39, 0.29) is 4.90 Å². The Kier molecular flexibility index (Phi) is 3.86. The first-order valence-corrected chi connectivity index (χ1v) is 9.61. The van der Waals surface area contributed by atoms with Gasteiger partial charge in [-0.05, 0) is 36.4 Å². The van der Waals surface area contributed by atoms with Crippen molar-refractivity contribution < 1.29 is 12.8 Å². The lowest BCUT2D eigenvalue weighted by Gasteiger charge is -2.06. The number of hydrogen-bond donors (Lipinski definition) is 2. The summed E-state index contributed by atoms with van der Waals surface area (Å²) in [5.41, 5.74) is 2.09. The molecule has 0 unspecified atom stereocenters. The highest BCUT2D eigenvalue weighted by Gasteiger charge is 2.15. The van der Waals surface area contributed by atoms with Gasteiger partial charge < -0.3 is 9.73 Å². The second-order valence-electron chi connectivity index (χ2n) is 5.08. The van der Waals surface area contributed by atoms with Crippen molar-refractivity contribution in [3.63, 3.8) is 0 Å². The van der Waals surface area contributed by atoms with Gasteiger partial charge in [0.2, 0.25) is 0 Å². The molecule has 0 aliphatic carbocycles. The highest BCUT2D eigenvalue weighted by molar-refractivity contribution is 7.93. The molecule has 0 radical (unpaired) electrons. The number of hydrogen-bond acceptors (Lipinski definition) is 7. The highest BCUT2D eigenvalue weighted by atomic mass is 32.2. The fourth-order valence-electron chi connectivity index (χ4n) is 2.21. The summed E-state index contributed by atoms with van der Waals surface area (Å²) in [5, 5.41) is 5.04. The van der Waals surface area contributed by atoms with Gasteiger partial charge in [-0.15, -0.1) is 11.3 Å². The van der Waals surface area contributed by atoms with Crippen LogP contribution in [0.25, 0.3) is 11.1 Å². The fourth-order valence-corrected chi connectivity index (χ4v) is 4.00. The number of rotatable bonds is 5. The van der Waals surface area contributed by atoms with E-state index >= 15 is 0 Å². The quantitative estimate of drug-likeness (QED) is 0.553. The van der Waals surface area contributed by atoms with Crippen LogP contribution in [0.5, 0.6) is 0 Å². The zero-order valence-electron chi connectivity index (χ0n) is 12.7. The Hall–Kier alpha value is -2.91. The van der Waals surface area contributed by atoms with E-state index in [1.807, 2.05) is 24.3 Å². The van der Waals surface area contributed by atoms with Crippen LogP contribution in [0.3, 0.4) is 0 Å². The number of nitrogens with one attached hydrogen (secondary N) is 2. The lowest BCUT2D eigenvalue weighted by Crippen LogP contribution is -2.12. The Bertz CT molecular complexity index is 1070. The van der Waals surface area contributed by atoms with Crippen LogP contribution < -0.4 is 10.0 Å². The first-order valence-electron chi connectivity index (χ1n) is 7.25. The maximum Gasteiger partial charge on any atom is 0.300 e. The van der Waals surface area contributed by atoms with Crippen LogP contribution in [0.4, 0.5) is 16.8 Å². The minimum Gasteiger partial charge on any atom is -0.423 e. The molecule has 0 atom stereocenters. The van der Waals surface area contributed by atoms with Crippen LogP contribution in [0.15, 0.2) is 69.4 Å². The number of sulfonamides is 1. The Morgan fingerprint density at radius 2 is 1.84 bits per heavy atom.